The van der Waals surface area contributed by atoms with Crippen molar-refractivity contribution in [2.75, 3.05) is 0 Å². The number of aromatic nitrogens is 6. The molecule has 0 aliphatic carbocycles. The summed E-state index contributed by atoms with van der Waals surface area (Å²) in [6, 6.07) is 36.2. The van der Waals surface area contributed by atoms with Gasteiger partial charge in [0.2, 0.25) is 0 Å². The summed E-state index contributed by atoms with van der Waals surface area (Å²) in [5, 5.41) is 0. The van der Waals surface area contributed by atoms with Crippen molar-refractivity contribution in [2.24, 2.45) is 21.1 Å². The first-order valence-corrected chi connectivity index (χ1v) is 21.9. The first kappa shape index (κ1) is 88.5. The normalized spacial score (nSPS) is 9.66. The molecule has 0 fully saturated rings. The fourth-order valence-corrected chi connectivity index (χ4v) is 3.39. The molecule has 0 atom stereocenters. The number of pyridine rings is 6. The average Bonchev–Trinajstić information content (AvgIpc) is 3.22. The van der Waals surface area contributed by atoms with Gasteiger partial charge in [0.15, 0.2) is 74.4 Å². The number of halogens is 20. The van der Waals surface area contributed by atoms with Crippen LogP contribution in [0.3, 0.4) is 0 Å². The van der Waals surface area contributed by atoms with Crippen molar-refractivity contribution in [3.8, 4) is 0 Å². The molecule has 6 heterocycles. The van der Waals surface area contributed by atoms with E-state index in [0.29, 0.717) is 0 Å². The van der Waals surface area contributed by atoms with Crippen LogP contribution in [0.2, 0.25) is 0 Å². The summed E-state index contributed by atoms with van der Waals surface area (Å²) in [7, 11) is -18.4. The Morgan fingerprint density at radius 1 is 0.282 bits per heavy atom. The minimum Gasteiger partial charge on any atom is -1.00 e. The van der Waals surface area contributed by atoms with Crippen molar-refractivity contribution in [3.05, 3.63) is 184 Å². The van der Waals surface area contributed by atoms with Crippen molar-refractivity contribution < 1.29 is 114 Å². The Labute approximate surface area is 404 Å². The summed E-state index contributed by atoms with van der Waals surface area (Å²) in [6.45, 7) is 9.54. The maximum absolute atomic E-state index is 9.84. The standard InChI is InChI=1S/3C7H10N.3C6H8N.2CH4.2BF3.2F5P.4FH/c3*1-2-8-6-4-3-5-7-8;3*1-7-5-3-2-4-6-7;;;2*2-1(3)4;2*1-6(2,3,4)5;;;;/h3*3-7H,2H2,1H3;3*2-6H,1H3;2*1H4;;;;;4*1H/q6*+1;;;;;;;;;;/p-4. The monoisotopic (exact) mass is 1100 g/mol. The molecule has 6 aromatic heterocycles. The van der Waals surface area contributed by atoms with Gasteiger partial charge in [0, 0.05) is 72.8 Å². The molecule has 0 aliphatic rings. The molecule has 410 valence electrons. The van der Waals surface area contributed by atoms with Gasteiger partial charge in [-0.3, -0.25) is 25.9 Å². The van der Waals surface area contributed by atoms with E-state index in [1.54, 1.807) is 0 Å². The van der Waals surface area contributed by atoms with Crippen LogP contribution in [-0.2, 0) is 40.8 Å². The molecule has 0 bridgehead atoms. The van der Waals surface area contributed by atoms with Gasteiger partial charge >= 0.3 is 73.4 Å². The van der Waals surface area contributed by atoms with Gasteiger partial charge in [0.1, 0.15) is 40.8 Å². The summed E-state index contributed by atoms with van der Waals surface area (Å²) < 4.78 is 169. The second-order valence-electron chi connectivity index (χ2n) is 11.5. The molecule has 0 amide bonds. The number of nitrogens with zero attached hydrogens (tertiary/aromatic N) is 6. The van der Waals surface area contributed by atoms with E-state index in [4.69, 9.17) is 0 Å². The van der Waals surface area contributed by atoms with Gasteiger partial charge in [-0.1, -0.05) is 51.3 Å². The molecule has 0 radical (unpaired) electrons. The third-order valence-corrected chi connectivity index (χ3v) is 6.02. The summed E-state index contributed by atoms with van der Waals surface area (Å²) in [4.78, 5) is 0. The molecular weight excluding hydrogens is 1040 g/mol. The van der Waals surface area contributed by atoms with E-state index in [9.17, 15) is 67.9 Å². The van der Waals surface area contributed by atoms with Crippen LogP contribution >= 0.6 is 16.3 Å². The summed E-state index contributed by atoms with van der Waals surface area (Å²) in [6.07, 6.45) is 24.3. The number of rotatable bonds is 3. The SMILES string of the molecule is C.C.CC[n+]1ccccc1.CC[n+]1ccccc1.CC[n+]1ccccc1.C[n+]1ccccc1.C[n+]1ccccc1.C[n+]1ccccc1.FB(F)F.FB(F)F.FP(F)(F)(F)F.FP(F)(F)(F)F.[F-].[F-].[F-].[F-]. The first-order chi connectivity index (χ1) is 29.9. The quantitative estimate of drug-likeness (QED) is 0.111. The van der Waals surface area contributed by atoms with Gasteiger partial charge in [-0.2, -0.15) is 0 Å². The van der Waals surface area contributed by atoms with E-state index in [1.807, 2.05) is 181 Å². The maximum atomic E-state index is 9.84. The van der Waals surface area contributed by atoms with E-state index < -0.39 is 31.4 Å². The molecule has 0 aromatic carbocycles. The van der Waals surface area contributed by atoms with Crippen LogP contribution in [0.4, 0.5) is 67.9 Å². The van der Waals surface area contributed by atoms with Gasteiger partial charge in [-0.25, -0.2) is 27.4 Å². The largest absolute Gasteiger partial charge is 1.00 e. The van der Waals surface area contributed by atoms with Crippen molar-refractivity contribution >= 4 is 31.4 Å². The zero-order chi connectivity index (χ0) is 50.8. The van der Waals surface area contributed by atoms with Crippen LogP contribution in [0.1, 0.15) is 35.6 Å². The fourth-order valence-electron chi connectivity index (χ4n) is 3.39. The molecule has 71 heavy (non-hydrogen) atoms. The van der Waals surface area contributed by atoms with E-state index in [0.717, 1.165) is 19.6 Å². The van der Waals surface area contributed by atoms with Crippen LogP contribution in [-0.4, -0.2) is 15.1 Å². The number of hydrogen-bond acceptors (Lipinski definition) is 0. The molecular formula is C41H62B2F20N6P2+2. The van der Waals surface area contributed by atoms with Gasteiger partial charge in [-0.15, -0.1) is 0 Å². The van der Waals surface area contributed by atoms with Crippen molar-refractivity contribution in [3.63, 3.8) is 0 Å². The second kappa shape index (κ2) is 50.9. The Morgan fingerprint density at radius 2 is 0.380 bits per heavy atom. The van der Waals surface area contributed by atoms with Gasteiger partial charge in [0.05, 0.1) is 0 Å². The Balaban J connectivity index is -0.0000000726. The van der Waals surface area contributed by atoms with Crippen molar-refractivity contribution in [1.29, 1.82) is 0 Å². The zero-order valence-corrected chi connectivity index (χ0v) is 39.5. The topological polar surface area (TPSA) is 23.3 Å². The Bertz CT molecular complexity index is 1680. The molecule has 6 nitrogen and oxygen atoms in total. The third-order valence-electron chi connectivity index (χ3n) is 6.02. The molecule has 6 aromatic rings. The molecule has 0 aliphatic heterocycles. The van der Waals surface area contributed by atoms with E-state index in [1.165, 1.54) is 0 Å². The first-order valence-electron chi connectivity index (χ1n) is 18.5. The average molecular weight is 1100 g/mol. The molecule has 30 heteroatoms. The maximum Gasteiger partial charge on any atom is -1.00 e. The summed E-state index contributed by atoms with van der Waals surface area (Å²) >= 11 is 0. The Hall–Kier alpha value is -5.51. The predicted molar refractivity (Wildman–Crippen MR) is 236 cm³/mol. The number of hydrogen-bond donors (Lipinski definition) is 0. The minimum absolute atomic E-state index is 0. The van der Waals surface area contributed by atoms with Crippen LogP contribution in [0.15, 0.2) is 184 Å². The molecule has 0 N–H and O–H groups in total. The summed E-state index contributed by atoms with van der Waals surface area (Å²) in [5.74, 6) is 0. The molecule has 0 spiro atoms. The van der Waals surface area contributed by atoms with Crippen LogP contribution < -0.4 is 46.2 Å². The number of aryl methyl sites for hydroxylation is 6. The van der Waals surface area contributed by atoms with Crippen LogP contribution in [0, 0.1) is 0 Å². The van der Waals surface area contributed by atoms with Crippen molar-refractivity contribution in [2.45, 2.75) is 55.3 Å². The molecule has 0 saturated heterocycles. The van der Waals surface area contributed by atoms with Crippen LogP contribution in [0.5, 0.6) is 0 Å². The molecule has 0 unspecified atom stereocenters. The molecule has 0 saturated carbocycles. The zero-order valence-electron chi connectivity index (χ0n) is 37.7. The van der Waals surface area contributed by atoms with Gasteiger partial charge in [0.25, 0.3) is 0 Å². The molecule has 6 rings (SSSR count). The smallest absolute Gasteiger partial charge is 1.00 e. The van der Waals surface area contributed by atoms with Crippen molar-refractivity contribution in [1.82, 2.24) is 0 Å². The Morgan fingerprint density at radius 3 is 0.437 bits per heavy atom. The second-order valence-corrected chi connectivity index (χ2v) is 14.1. The van der Waals surface area contributed by atoms with Gasteiger partial charge in [-0.05, 0) is 20.8 Å². The fraction of sp³-hybridized carbons (Fsp3) is 0.268. The Kier molecular flexibility index (Phi) is 63.4. The van der Waals surface area contributed by atoms with E-state index in [-0.39, 0.29) is 33.7 Å². The van der Waals surface area contributed by atoms with Gasteiger partial charge < -0.3 is 18.8 Å². The predicted octanol–water partition coefficient (Wildman–Crippen LogP) is 1.49. The van der Waals surface area contributed by atoms with E-state index >= 15 is 0 Å². The minimum atomic E-state index is -8.55. The third kappa shape index (κ3) is 107. The van der Waals surface area contributed by atoms with Crippen LogP contribution in [0.25, 0.3) is 0 Å². The summed E-state index contributed by atoms with van der Waals surface area (Å²) in [5.41, 5.74) is 0. The van der Waals surface area contributed by atoms with E-state index in [2.05, 4.69) is 71.7 Å².